The van der Waals surface area contributed by atoms with Crippen molar-refractivity contribution in [2.45, 2.75) is 66.5 Å². The summed E-state index contributed by atoms with van der Waals surface area (Å²) in [5, 5.41) is 9.57. The Balaban J connectivity index is 1.98. The summed E-state index contributed by atoms with van der Waals surface area (Å²) in [5.41, 5.74) is 1.34. The highest BCUT2D eigenvalue weighted by Crippen LogP contribution is 2.27. The van der Waals surface area contributed by atoms with Crippen LogP contribution in [0.25, 0.3) is 0 Å². The van der Waals surface area contributed by atoms with Crippen molar-refractivity contribution < 1.29 is 14.4 Å². The van der Waals surface area contributed by atoms with Crippen LogP contribution >= 0.6 is 0 Å². The highest BCUT2D eigenvalue weighted by molar-refractivity contribution is 6.12. The van der Waals surface area contributed by atoms with Crippen LogP contribution in [0.1, 0.15) is 86.5 Å². The molecule has 0 aliphatic heterocycles. The molecule has 3 aromatic carbocycles. The maximum absolute atomic E-state index is 13.7. The van der Waals surface area contributed by atoms with E-state index in [-0.39, 0.29) is 22.7 Å². The molecule has 3 N–H and O–H groups in total. The van der Waals surface area contributed by atoms with Gasteiger partial charge in [-0.2, -0.15) is 0 Å². The third kappa shape index (κ3) is 7.54. The number of carbonyl (C=O) groups excluding carboxylic acids is 3. The number of amides is 1. The monoisotopic (exact) mass is 513 g/mol. The molecule has 0 saturated heterocycles. The molecule has 6 heteroatoms. The third-order valence-electron chi connectivity index (χ3n) is 5.84. The van der Waals surface area contributed by atoms with E-state index in [1.165, 1.54) is 0 Å². The van der Waals surface area contributed by atoms with Gasteiger partial charge >= 0.3 is 0 Å². The number of nitrogens with one attached hydrogen (secondary N) is 3. The van der Waals surface area contributed by atoms with Gasteiger partial charge in [0.05, 0.1) is 5.54 Å². The van der Waals surface area contributed by atoms with Crippen molar-refractivity contribution in [2.24, 2.45) is 5.41 Å². The molecule has 0 aromatic heterocycles. The molecule has 0 spiro atoms. The van der Waals surface area contributed by atoms with Gasteiger partial charge < -0.3 is 16.0 Å². The fourth-order valence-corrected chi connectivity index (χ4v) is 4.06. The van der Waals surface area contributed by atoms with Crippen LogP contribution in [-0.4, -0.2) is 28.6 Å². The van der Waals surface area contributed by atoms with Gasteiger partial charge in [0.2, 0.25) is 0 Å². The summed E-state index contributed by atoms with van der Waals surface area (Å²) in [5.74, 6) is -0.772. The van der Waals surface area contributed by atoms with E-state index in [2.05, 4.69) is 36.7 Å². The minimum atomic E-state index is -0.981. The average Bonchev–Trinajstić information content (AvgIpc) is 2.81. The third-order valence-corrected chi connectivity index (χ3v) is 5.84. The maximum atomic E-state index is 13.7. The van der Waals surface area contributed by atoms with E-state index in [1.807, 2.05) is 69.3 Å². The lowest BCUT2D eigenvalue weighted by molar-refractivity contribution is 0.0858. The van der Waals surface area contributed by atoms with Gasteiger partial charge in [0, 0.05) is 44.7 Å². The molecule has 0 aliphatic rings. The van der Waals surface area contributed by atoms with Crippen LogP contribution in [0.2, 0.25) is 0 Å². The summed E-state index contributed by atoms with van der Waals surface area (Å²) in [6.45, 7) is 15.2. The van der Waals surface area contributed by atoms with Crippen LogP contribution in [0.4, 0.5) is 17.1 Å². The molecule has 3 aromatic rings. The maximum Gasteiger partial charge on any atom is 0.255 e. The molecule has 0 fully saturated rings. The van der Waals surface area contributed by atoms with E-state index in [1.54, 1.807) is 38.1 Å². The summed E-state index contributed by atoms with van der Waals surface area (Å²) >= 11 is 0. The van der Waals surface area contributed by atoms with Crippen molar-refractivity contribution in [1.29, 1.82) is 0 Å². The van der Waals surface area contributed by atoms with Crippen LogP contribution in [0, 0.1) is 5.41 Å². The predicted molar refractivity (Wildman–Crippen MR) is 156 cm³/mol. The minimum absolute atomic E-state index is 0.139. The largest absolute Gasteiger partial charge is 0.380 e. The van der Waals surface area contributed by atoms with Gasteiger partial charge in [-0.3, -0.25) is 14.4 Å². The molecule has 6 nitrogen and oxygen atoms in total. The molecule has 0 aliphatic carbocycles. The van der Waals surface area contributed by atoms with Crippen LogP contribution < -0.4 is 16.0 Å². The predicted octanol–water partition coefficient (Wildman–Crippen LogP) is 7.45. The van der Waals surface area contributed by atoms with E-state index in [0.717, 1.165) is 11.4 Å². The van der Waals surface area contributed by atoms with Crippen molar-refractivity contribution in [3.05, 3.63) is 89.5 Å². The Kier molecular flexibility index (Phi) is 8.15. The summed E-state index contributed by atoms with van der Waals surface area (Å²) in [4.78, 5) is 40.3. The van der Waals surface area contributed by atoms with Crippen LogP contribution in [0.15, 0.2) is 72.8 Å². The van der Waals surface area contributed by atoms with Gasteiger partial charge in [-0.15, -0.1) is 0 Å². The number of hydrogen-bond donors (Lipinski definition) is 3. The number of anilines is 3. The van der Waals surface area contributed by atoms with Crippen molar-refractivity contribution in [1.82, 2.24) is 0 Å². The second-order valence-corrected chi connectivity index (χ2v) is 12.2. The number of rotatable bonds is 8. The first-order valence-corrected chi connectivity index (χ1v) is 12.8. The zero-order valence-electron chi connectivity index (χ0n) is 23.7. The highest BCUT2D eigenvalue weighted by Gasteiger charge is 2.31. The first-order chi connectivity index (χ1) is 17.5. The fourth-order valence-electron chi connectivity index (χ4n) is 4.06. The Morgan fingerprint density at radius 2 is 1.08 bits per heavy atom. The number of carbonyl (C=O) groups is 3. The topological polar surface area (TPSA) is 87.3 Å². The van der Waals surface area contributed by atoms with Gasteiger partial charge in [-0.1, -0.05) is 45.0 Å². The van der Waals surface area contributed by atoms with E-state index >= 15 is 0 Å². The Hall–Kier alpha value is -3.93. The number of ketones is 2. The van der Waals surface area contributed by atoms with E-state index in [4.69, 9.17) is 0 Å². The molecular weight excluding hydrogens is 474 g/mol. The van der Waals surface area contributed by atoms with Gasteiger partial charge in [-0.05, 0) is 83.1 Å². The first-order valence-electron chi connectivity index (χ1n) is 12.8. The molecule has 38 heavy (non-hydrogen) atoms. The summed E-state index contributed by atoms with van der Waals surface area (Å²) in [7, 11) is 0. The van der Waals surface area contributed by atoms with Gasteiger partial charge in [0.1, 0.15) is 0 Å². The summed E-state index contributed by atoms with van der Waals surface area (Å²) < 4.78 is 0. The molecule has 0 saturated carbocycles. The lowest BCUT2D eigenvalue weighted by Gasteiger charge is -2.27. The highest BCUT2D eigenvalue weighted by atomic mass is 16.2. The van der Waals surface area contributed by atoms with Crippen LogP contribution in [0.5, 0.6) is 0 Å². The summed E-state index contributed by atoms with van der Waals surface area (Å²) in [6.07, 6.45) is 0. The molecule has 1 amide bonds. The minimum Gasteiger partial charge on any atom is -0.380 e. The number of benzene rings is 3. The fraction of sp³-hybridized carbons (Fsp3) is 0.344. The number of para-hydroxylation sites is 1. The molecule has 0 radical (unpaired) electrons. The van der Waals surface area contributed by atoms with Crippen molar-refractivity contribution in [3.63, 3.8) is 0 Å². The van der Waals surface area contributed by atoms with Crippen molar-refractivity contribution >= 4 is 34.5 Å². The normalized spacial score (nSPS) is 12.0. The smallest absolute Gasteiger partial charge is 0.255 e. The molecular formula is C32H39N3O3. The second-order valence-electron chi connectivity index (χ2n) is 12.2. The molecule has 200 valence electrons. The molecule has 0 bridgehead atoms. The zero-order chi connectivity index (χ0) is 28.3. The van der Waals surface area contributed by atoms with Gasteiger partial charge in [0.15, 0.2) is 11.6 Å². The number of Topliss-reactive ketones (excluding diaryl/α,β-unsaturated/α-hetero) is 2. The SMILES string of the molecule is CC(C)(C)Nc1cccc(NC(=O)c2cc(C(=O)C(C)(C)C)cc(C(=O)C(C)(C)Nc3ccccc3)c2)c1. The van der Waals surface area contributed by atoms with E-state index in [0.29, 0.717) is 16.8 Å². The Bertz CT molecular complexity index is 1330. The number of hydrogen-bond acceptors (Lipinski definition) is 5. The van der Waals surface area contributed by atoms with Gasteiger partial charge in [-0.25, -0.2) is 0 Å². The second kappa shape index (κ2) is 10.8. The Morgan fingerprint density at radius 1 is 0.553 bits per heavy atom. The quantitative estimate of drug-likeness (QED) is 0.272. The molecule has 3 rings (SSSR count). The Labute approximate surface area is 226 Å². The van der Waals surface area contributed by atoms with Crippen molar-refractivity contribution in [2.75, 3.05) is 16.0 Å². The standard InChI is InChI=1S/C32H39N3O3/c1-30(2,3)27(36)21-17-22(28(37)32(7,8)35-24-13-10-9-11-14-24)19-23(18-21)29(38)33-25-15-12-16-26(20-25)34-31(4,5)6/h9-20,34-35H,1-8H3,(H,33,38). The lowest BCUT2D eigenvalue weighted by Crippen LogP contribution is -2.40. The van der Waals surface area contributed by atoms with E-state index in [9.17, 15) is 14.4 Å². The van der Waals surface area contributed by atoms with E-state index < -0.39 is 16.9 Å². The first kappa shape index (κ1) is 28.6. The molecule has 0 atom stereocenters. The van der Waals surface area contributed by atoms with Crippen LogP contribution in [-0.2, 0) is 0 Å². The lowest BCUT2D eigenvalue weighted by atomic mass is 9.83. The molecule has 0 unspecified atom stereocenters. The van der Waals surface area contributed by atoms with Crippen molar-refractivity contribution in [3.8, 4) is 0 Å². The Morgan fingerprint density at radius 3 is 1.66 bits per heavy atom. The summed E-state index contributed by atoms with van der Waals surface area (Å²) in [6, 6.07) is 21.6. The zero-order valence-corrected chi connectivity index (χ0v) is 23.7. The van der Waals surface area contributed by atoms with Crippen LogP contribution in [0.3, 0.4) is 0 Å². The molecule has 0 heterocycles. The average molecular weight is 514 g/mol. The van der Waals surface area contributed by atoms with Gasteiger partial charge in [0.25, 0.3) is 5.91 Å².